The van der Waals surface area contributed by atoms with Crippen LogP contribution in [0.25, 0.3) is 11.1 Å². The normalized spacial score (nSPS) is 25.9. The fraction of sp³-hybridized carbons (Fsp3) is 0.458. The molecule has 10 rings (SSSR count). The van der Waals surface area contributed by atoms with Crippen LogP contribution in [0.2, 0.25) is 0 Å². The molecule has 16 nitrogen and oxygen atoms in total. The molecule has 2 fully saturated rings. The van der Waals surface area contributed by atoms with Crippen molar-refractivity contribution >= 4 is 40.4 Å². The molecule has 66 heavy (non-hydrogen) atoms. The number of nitrogens with zero attached hydrogens (tertiary/aromatic N) is 4. The van der Waals surface area contributed by atoms with Gasteiger partial charge in [-0.2, -0.15) is 0 Å². The van der Waals surface area contributed by atoms with Gasteiger partial charge in [-0.25, -0.2) is 29.8 Å². The van der Waals surface area contributed by atoms with Crippen molar-refractivity contribution < 1.29 is 48.1 Å². The summed E-state index contributed by atoms with van der Waals surface area (Å²) in [5, 5.41) is 20.8. The second-order valence-electron chi connectivity index (χ2n) is 17.4. The van der Waals surface area contributed by atoms with E-state index in [0.717, 1.165) is 95.7 Å². The van der Waals surface area contributed by atoms with Gasteiger partial charge in [0.15, 0.2) is 0 Å². The minimum atomic E-state index is -1.43. The van der Waals surface area contributed by atoms with Crippen molar-refractivity contribution in [1.29, 1.82) is 0 Å². The van der Waals surface area contributed by atoms with Crippen molar-refractivity contribution in [3.05, 3.63) is 101 Å². The van der Waals surface area contributed by atoms with E-state index in [1.165, 1.54) is 5.06 Å². The zero-order chi connectivity index (χ0) is 46.5. The molecule has 6 N–H and O–H groups in total. The Morgan fingerprint density at radius 1 is 0.682 bits per heavy atom. The highest BCUT2D eigenvalue weighted by molar-refractivity contribution is 9.10. The first-order chi connectivity index (χ1) is 31.8. The van der Waals surface area contributed by atoms with Crippen molar-refractivity contribution in [2.45, 2.75) is 87.9 Å². The Labute approximate surface area is 394 Å². The molecule has 4 aromatic rings. The average molecular weight is 972 g/mol. The van der Waals surface area contributed by atoms with Gasteiger partial charge in [-0.1, -0.05) is 60.1 Å². The monoisotopic (exact) mass is 970 g/mol. The summed E-state index contributed by atoms with van der Waals surface area (Å²) in [6.07, 6.45) is 6.79. The van der Waals surface area contributed by atoms with Crippen LogP contribution in [0.3, 0.4) is 0 Å². The van der Waals surface area contributed by atoms with Crippen molar-refractivity contribution in [3.8, 4) is 34.1 Å². The van der Waals surface area contributed by atoms with Crippen LogP contribution in [-0.2, 0) is 30.6 Å². The fourth-order valence-electron chi connectivity index (χ4n) is 9.13. The maximum Gasteiger partial charge on any atom is 0.488 e. The molecule has 0 bridgehead atoms. The van der Waals surface area contributed by atoms with E-state index >= 15 is 0 Å². The standard InChI is InChI=1S/C24H29N3O4.C15H18BrN3O3.C9H13BO3/c1-3-11-29-19-7-4-6-17(13-19)18-8-9-21-20(14-18)24(26-22(25)27(2)31-24)15-23(30-21)10-5-12-28-16-23;1-19-13(17)18-15(22-19)8-14(5-2-6-20-9-14)21-12-4-3-10(16)7-11(12)15;1-2-6-13-9-5-3-4-8(7-9)10(11)12/h4,6-9,13-14H,3,5,10-12,15-16H2,1-2H3,(H2,25,26);3-4,7H,2,5-6,8-9H2,1H3,(H2,17,18);3-5,7,11-12H,2,6H2,1H3. The van der Waals surface area contributed by atoms with Crippen LogP contribution in [-0.4, -0.2) is 104 Å². The van der Waals surface area contributed by atoms with Gasteiger partial charge in [0.1, 0.15) is 34.2 Å². The molecule has 0 aliphatic carbocycles. The van der Waals surface area contributed by atoms with E-state index in [2.05, 4.69) is 52.1 Å². The van der Waals surface area contributed by atoms with Crippen LogP contribution in [0.1, 0.15) is 76.3 Å². The van der Waals surface area contributed by atoms with Crippen LogP contribution in [0.4, 0.5) is 0 Å². The quantitative estimate of drug-likeness (QED) is 0.148. The lowest BCUT2D eigenvalue weighted by Crippen LogP contribution is -2.53. The number of fused-ring (bicyclic) bond motifs is 4. The van der Waals surface area contributed by atoms with Crippen LogP contribution in [0, 0.1) is 0 Å². The summed E-state index contributed by atoms with van der Waals surface area (Å²) in [5.41, 5.74) is 13.8. The number of halogens is 1. The highest BCUT2D eigenvalue weighted by atomic mass is 79.9. The summed E-state index contributed by atoms with van der Waals surface area (Å²) in [5.74, 6) is 3.82. The zero-order valence-electron chi connectivity index (χ0n) is 38.0. The number of hydrogen-bond donors (Lipinski definition) is 4. The second-order valence-corrected chi connectivity index (χ2v) is 18.4. The van der Waals surface area contributed by atoms with Gasteiger partial charge in [-0.15, -0.1) is 0 Å². The molecule has 6 aliphatic heterocycles. The number of nitrogens with two attached hydrogens (primary N) is 2. The SMILES string of the molecule is CCCOc1cccc(-c2ccc3c(c2)C2(CC4(CCCOC4)O3)N=C(N)N(C)O2)c1.CCCOc1cccc(B(O)O)c1.CN1OC2(CC3(CCCOC3)Oc3ccc(Br)cc32)N=C1N. The highest BCUT2D eigenvalue weighted by Crippen LogP contribution is 2.53. The molecular weight excluding hydrogens is 911 g/mol. The Hall–Kier alpha value is -5.08. The molecule has 6 heterocycles. The Bertz CT molecular complexity index is 2400. The van der Waals surface area contributed by atoms with E-state index in [0.29, 0.717) is 62.4 Å². The van der Waals surface area contributed by atoms with Gasteiger partial charge in [-0.3, -0.25) is 0 Å². The van der Waals surface area contributed by atoms with Gasteiger partial charge >= 0.3 is 7.12 Å². The fourth-order valence-corrected chi connectivity index (χ4v) is 9.49. The number of guanidine groups is 2. The van der Waals surface area contributed by atoms with E-state index in [-0.39, 0.29) is 0 Å². The van der Waals surface area contributed by atoms with Gasteiger partial charge in [0.05, 0.1) is 37.6 Å². The Kier molecular flexibility index (Phi) is 14.4. The van der Waals surface area contributed by atoms with Gasteiger partial charge in [0.2, 0.25) is 23.4 Å². The largest absolute Gasteiger partial charge is 0.494 e. The molecule has 2 saturated heterocycles. The second kappa shape index (κ2) is 20.0. The van der Waals surface area contributed by atoms with Gasteiger partial charge in [-0.05, 0) is 110 Å². The van der Waals surface area contributed by atoms with Crippen molar-refractivity contribution in [3.63, 3.8) is 0 Å². The smallest absolute Gasteiger partial charge is 0.488 e. The molecule has 0 aromatic heterocycles. The molecule has 4 aromatic carbocycles. The number of ether oxygens (including phenoxy) is 6. The molecular formula is C48H60BBrN6O10. The van der Waals surface area contributed by atoms with Crippen LogP contribution in [0.15, 0.2) is 99.4 Å². The van der Waals surface area contributed by atoms with E-state index in [1.54, 1.807) is 43.4 Å². The minimum Gasteiger partial charge on any atom is -0.494 e. The third-order valence-corrected chi connectivity index (χ3v) is 12.7. The minimum absolute atomic E-state index is 0.361. The summed E-state index contributed by atoms with van der Waals surface area (Å²) in [6.45, 7) is 8.06. The third kappa shape index (κ3) is 10.2. The molecule has 0 radical (unpaired) electrons. The van der Waals surface area contributed by atoms with Crippen LogP contribution < -0.4 is 35.9 Å². The highest BCUT2D eigenvalue weighted by Gasteiger charge is 2.56. The van der Waals surface area contributed by atoms with Crippen LogP contribution >= 0.6 is 15.9 Å². The van der Waals surface area contributed by atoms with Gasteiger partial charge < -0.3 is 49.9 Å². The molecule has 4 atom stereocenters. The number of aliphatic imine (C=N–C) groups is 2. The maximum atomic E-state index is 8.87. The zero-order valence-corrected chi connectivity index (χ0v) is 39.6. The van der Waals surface area contributed by atoms with Crippen molar-refractivity contribution in [1.82, 2.24) is 10.1 Å². The van der Waals surface area contributed by atoms with E-state index in [9.17, 15) is 0 Å². The lowest BCUT2D eigenvalue weighted by atomic mass is 9.80. The predicted molar refractivity (Wildman–Crippen MR) is 254 cm³/mol. The number of rotatable bonds is 8. The van der Waals surface area contributed by atoms with Gasteiger partial charge in [0.25, 0.3) is 0 Å². The average Bonchev–Trinajstić information content (AvgIpc) is 3.76. The Morgan fingerprint density at radius 3 is 1.70 bits per heavy atom. The van der Waals surface area contributed by atoms with E-state index in [1.807, 2.05) is 43.3 Å². The number of benzene rings is 4. The molecule has 18 heteroatoms. The van der Waals surface area contributed by atoms with E-state index in [4.69, 9.17) is 64.6 Å². The molecule has 4 spiro atoms. The first-order valence-corrected chi connectivity index (χ1v) is 23.4. The Morgan fingerprint density at radius 2 is 1.20 bits per heavy atom. The number of hydrogen-bond acceptors (Lipinski definition) is 16. The molecule has 0 amide bonds. The van der Waals surface area contributed by atoms with Crippen molar-refractivity contribution in [2.24, 2.45) is 21.5 Å². The van der Waals surface area contributed by atoms with Crippen LogP contribution in [0.5, 0.6) is 23.0 Å². The molecule has 4 unspecified atom stereocenters. The first kappa shape index (κ1) is 47.4. The molecule has 352 valence electrons. The lowest BCUT2D eigenvalue weighted by molar-refractivity contribution is -0.216. The number of hydroxylamine groups is 4. The first-order valence-electron chi connectivity index (χ1n) is 22.6. The Balaban J connectivity index is 0.000000147. The van der Waals surface area contributed by atoms with Crippen molar-refractivity contribution in [2.75, 3.05) is 53.7 Å². The predicted octanol–water partition coefficient (Wildman–Crippen LogP) is 6.10. The van der Waals surface area contributed by atoms with E-state index < -0.39 is 29.8 Å². The summed E-state index contributed by atoms with van der Waals surface area (Å²) in [4.78, 5) is 21.7. The molecule has 0 saturated carbocycles. The summed E-state index contributed by atoms with van der Waals surface area (Å²) >= 11 is 3.51. The maximum absolute atomic E-state index is 8.87. The topological polar surface area (TPSA) is 198 Å². The third-order valence-electron chi connectivity index (χ3n) is 12.2. The summed E-state index contributed by atoms with van der Waals surface area (Å²) < 4.78 is 36.4. The molecule has 6 aliphatic rings. The van der Waals surface area contributed by atoms with Gasteiger partial charge in [0, 0.05) is 44.6 Å². The summed E-state index contributed by atoms with van der Waals surface area (Å²) in [6, 6.07) is 27.0. The lowest BCUT2D eigenvalue weighted by Gasteiger charge is -2.46. The summed E-state index contributed by atoms with van der Waals surface area (Å²) in [7, 11) is 2.13.